The lowest BCUT2D eigenvalue weighted by Crippen LogP contribution is -2.22. The fourth-order valence-electron chi connectivity index (χ4n) is 2.62. The van der Waals surface area contributed by atoms with Crippen LogP contribution in [-0.2, 0) is 6.54 Å². The van der Waals surface area contributed by atoms with E-state index < -0.39 is 0 Å². The van der Waals surface area contributed by atoms with Crippen molar-refractivity contribution in [3.05, 3.63) is 28.3 Å². The van der Waals surface area contributed by atoms with Gasteiger partial charge in [0.05, 0.1) is 17.2 Å². The maximum atomic E-state index is 9.22. The van der Waals surface area contributed by atoms with Crippen LogP contribution in [0.1, 0.15) is 24.5 Å². The second-order valence-electron chi connectivity index (χ2n) is 5.12. The lowest BCUT2D eigenvalue weighted by atomic mass is 10.1. The zero-order chi connectivity index (χ0) is 14.5. The Labute approximate surface area is 125 Å². The lowest BCUT2D eigenvalue weighted by molar-refractivity contribution is 0.316. The summed E-state index contributed by atoms with van der Waals surface area (Å²) in [4.78, 5) is 2.35. The summed E-state index contributed by atoms with van der Waals surface area (Å²) in [6, 6.07) is 5.92. The van der Waals surface area contributed by atoms with Crippen LogP contribution in [0.4, 0.5) is 0 Å². The van der Waals surface area contributed by atoms with E-state index in [4.69, 9.17) is 22.1 Å². The van der Waals surface area contributed by atoms with Gasteiger partial charge in [0.2, 0.25) is 0 Å². The Kier molecular flexibility index (Phi) is 5.24. The third-order valence-electron chi connectivity index (χ3n) is 3.62. The van der Waals surface area contributed by atoms with E-state index in [0.717, 1.165) is 38.2 Å². The fourth-order valence-corrected chi connectivity index (χ4v) is 2.92. The summed E-state index contributed by atoms with van der Waals surface area (Å²) in [5.41, 5.74) is 7.26. The van der Waals surface area contributed by atoms with Crippen molar-refractivity contribution >= 4 is 11.6 Å². The Bertz CT molecular complexity index is 513. The highest BCUT2D eigenvalue weighted by molar-refractivity contribution is 6.32. The molecule has 0 aliphatic carbocycles. The molecule has 1 saturated heterocycles. The summed E-state index contributed by atoms with van der Waals surface area (Å²) in [7, 11) is 0. The highest BCUT2D eigenvalue weighted by Gasteiger charge is 2.21. The van der Waals surface area contributed by atoms with E-state index in [1.165, 1.54) is 0 Å². The smallest absolute Gasteiger partial charge is 0.155 e. The molecule has 4 nitrogen and oxygen atoms in total. The van der Waals surface area contributed by atoms with Gasteiger partial charge in [-0.3, -0.25) is 4.90 Å². The molecule has 5 heteroatoms. The molecule has 0 unspecified atom stereocenters. The van der Waals surface area contributed by atoms with E-state index >= 15 is 0 Å². The summed E-state index contributed by atoms with van der Waals surface area (Å²) < 4.78 is 5.43. The number of nitriles is 1. The van der Waals surface area contributed by atoms with Crippen molar-refractivity contribution in [1.29, 1.82) is 5.26 Å². The molecule has 1 aliphatic heterocycles. The Morgan fingerprint density at radius 3 is 2.95 bits per heavy atom. The first-order valence-electron chi connectivity index (χ1n) is 6.95. The van der Waals surface area contributed by atoms with Gasteiger partial charge < -0.3 is 10.5 Å². The van der Waals surface area contributed by atoms with Gasteiger partial charge in [-0.2, -0.15) is 5.26 Å². The normalized spacial score (nSPS) is 19.0. The molecule has 0 amide bonds. The average Bonchev–Trinajstić information content (AvgIpc) is 2.89. The van der Waals surface area contributed by atoms with Gasteiger partial charge in [0, 0.05) is 13.1 Å². The van der Waals surface area contributed by atoms with Crippen molar-refractivity contribution in [2.24, 2.45) is 11.7 Å². The number of nitrogens with zero attached hydrogens (tertiary/aromatic N) is 2. The van der Waals surface area contributed by atoms with Crippen LogP contribution < -0.4 is 10.5 Å². The molecule has 1 heterocycles. The molecule has 0 bridgehead atoms. The van der Waals surface area contributed by atoms with Gasteiger partial charge in [-0.15, -0.1) is 0 Å². The molecule has 1 fully saturated rings. The van der Waals surface area contributed by atoms with Crippen LogP contribution in [0.3, 0.4) is 0 Å². The molecule has 2 rings (SSSR count). The Hall–Kier alpha value is -1.28. The van der Waals surface area contributed by atoms with Crippen molar-refractivity contribution < 1.29 is 4.74 Å². The molecule has 0 spiro atoms. The van der Waals surface area contributed by atoms with E-state index in [2.05, 4.69) is 11.0 Å². The number of ether oxygens (including phenoxy) is 1. The highest BCUT2D eigenvalue weighted by Crippen LogP contribution is 2.31. The summed E-state index contributed by atoms with van der Waals surface area (Å²) in [5.74, 6) is 1.07. The third kappa shape index (κ3) is 3.43. The molecular formula is C15H20ClN3O. The largest absolute Gasteiger partial charge is 0.491 e. The minimum Gasteiger partial charge on any atom is -0.491 e. The molecule has 0 radical (unpaired) electrons. The maximum Gasteiger partial charge on any atom is 0.155 e. The number of likely N-dealkylation sites (tertiary alicyclic amines) is 1. The number of nitrogens with two attached hydrogens (primary N) is 1. The molecule has 0 aromatic heterocycles. The standard InChI is InChI=1S/C15H20ClN3O/c1-2-20-15-13(8-18)5-12(6-14(15)16)10-19-4-3-11(7-17)9-19/h5-6,11H,2-4,7,9-10,17H2,1H3/t11-/m1/s1. The predicted octanol–water partition coefficient (Wildman–Crippen LogP) is 2.39. The van der Waals surface area contributed by atoms with E-state index in [1.807, 2.05) is 19.1 Å². The van der Waals surface area contributed by atoms with Gasteiger partial charge in [-0.1, -0.05) is 11.6 Å². The Morgan fingerprint density at radius 1 is 1.55 bits per heavy atom. The van der Waals surface area contributed by atoms with Gasteiger partial charge >= 0.3 is 0 Å². The highest BCUT2D eigenvalue weighted by atomic mass is 35.5. The van der Waals surface area contributed by atoms with Crippen LogP contribution in [-0.4, -0.2) is 31.1 Å². The van der Waals surface area contributed by atoms with Gasteiger partial charge in [0.25, 0.3) is 0 Å². The van der Waals surface area contributed by atoms with Gasteiger partial charge in [0.15, 0.2) is 5.75 Å². The second-order valence-corrected chi connectivity index (χ2v) is 5.53. The molecule has 0 saturated carbocycles. The van der Waals surface area contributed by atoms with Crippen molar-refractivity contribution in [2.75, 3.05) is 26.2 Å². The van der Waals surface area contributed by atoms with Gasteiger partial charge in [-0.25, -0.2) is 0 Å². The topological polar surface area (TPSA) is 62.3 Å². The Balaban J connectivity index is 2.13. The van der Waals surface area contributed by atoms with Crippen LogP contribution in [0.5, 0.6) is 5.75 Å². The lowest BCUT2D eigenvalue weighted by Gasteiger charge is -2.17. The number of hydrogen-bond donors (Lipinski definition) is 1. The molecular weight excluding hydrogens is 274 g/mol. The van der Waals surface area contributed by atoms with E-state index in [0.29, 0.717) is 28.9 Å². The van der Waals surface area contributed by atoms with Crippen molar-refractivity contribution in [3.63, 3.8) is 0 Å². The van der Waals surface area contributed by atoms with Gasteiger partial charge in [0.1, 0.15) is 6.07 Å². The first kappa shape index (κ1) is 15.1. The zero-order valence-electron chi connectivity index (χ0n) is 11.7. The fraction of sp³-hybridized carbons (Fsp3) is 0.533. The molecule has 20 heavy (non-hydrogen) atoms. The number of benzene rings is 1. The Morgan fingerprint density at radius 2 is 2.35 bits per heavy atom. The first-order valence-corrected chi connectivity index (χ1v) is 7.33. The zero-order valence-corrected chi connectivity index (χ0v) is 12.5. The second kappa shape index (κ2) is 6.94. The van der Waals surface area contributed by atoms with Crippen molar-refractivity contribution in [3.8, 4) is 11.8 Å². The maximum absolute atomic E-state index is 9.22. The number of rotatable bonds is 5. The predicted molar refractivity (Wildman–Crippen MR) is 79.8 cm³/mol. The van der Waals surface area contributed by atoms with Crippen molar-refractivity contribution in [2.45, 2.75) is 19.9 Å². The minimum absolute atomic E-state index is 0.488. The molecule has 1 aliphatic rings. The molecule has 1 atom stereocenters. The first-order chi connectivity index (χ1) is 9.67. The van der Waals surface area contributed by atoms with Crippen LogP contribution in [0.15, 0.2) is 12.1 Å². The average molecular weight is 294 g/mol. The third-order valence-corrected chi connectivity index (χ3v) is 3.90. The van der Waals surface area contributed by atoms with E-state index in [1.54, 1.807) is 0 Å². The van der Waals surface area contributed by atoms with E-state index in [-0.39, 0.29) is 0 Å². The number of halogens is 1. The number of hydrogen-bond acceptors (Lipinski definition) is 4. The molecule has 1 aromatic carbocycles. The molecule has 1 aromatic rings. The van der Waals surface area contributed by atoms with Crippen LogP contribution in [0.2, 0.25) is 5.02 Å². The van der Waals surface area contributed by atoms with Crippen molar-refractivity contribution in [1.82, 2.24) is 4.90 Å². The molecule has 108 valence electrons. The summed E-state index contributed by atoms with van der Waals surface area (Å²) in [6.45, 7) is 5.99. The quantitative estimate of drug-likeness (QED) is 0.905. The SMILES string of the molecule is CCOc1c(Cl)cc(CN2CC[C@H](CN)C2)cc1C#N. The summed E-state index contributed by atoms with van der Waals surface area (Å²) in [6.07, 6.45) is 1.15. The summed E-state index contributed by atoms with van der Waals surface area (Å²) in [5, 5.41) is 9.73. The van der Waals surface area contributed by atoms with Crippen LogP contribution in [0, 0.1) is 17.2 Å². The minimum atomic E-state index is 0.488. The monoisotopic (exact) mass is 293 g/mol. The van der Waals surface area contributed by atoms with Crippen LogP contribution >= 0.6 is 11.6 Å². The van der Waals surface area contributed by atoms with E-state index in [9.17, 15) is 5.26 Å². The van der Waals surface area contributed by atoms with Gasteiger partial charge in [-0.05, 0) is 50.0 Å². The summed E-state index contributed by atoms with van der Waals surface area (Å²) >= 11 is 6.22. The molecule has 2 N–H and O–H groups in total. The van der Waals surface area contributed by atoms with Crippen LogP contribution in [0.25, 0.3) is 0 Å².